The normalized spacial score (nSPS) is 27.1. The number of aliphatic hydroxyl groups excluding tert-OH is 1. The van der Waals surface area contributed by atoms with Crippen molar-refractivity contribution < 1.29 is 9.90 Å². The number of rotatable bonds is 0. The molecule has 2 nitrogen and oxygen atoms in total. The number of fused-ring (bicyclic) bond motifs is 1. The molecule has 0 aromatic carbocycles. The van der Waals surface area contributed by atoms with E-state index in [-0.39, 0.29) is 5.78 Å². The van der Waals surface area contributed by atoms with E-state index in [1.54, 1.807) is 6.08 Å². The highest BCUT2D eigenvalue weighted by molar-refractivity contribution is 6.03. The molecule has 0 aliphatic heterocycles. The average molecular weight is 190 g/mol. The van der Waals surface area contributed by atoms with E-state index in [1.807, 2.05) is 19.9 Å². The highest BCUT2D eigenvalue weighted by Gasteiger charge is 2.26. The second-order valence-electron chi connectivity index (χ2n) is 4.03. The van der Waals surface area contributed by atoms with Crippen molar-refractivity contribution in [2.24, 2.45) is 0 Å². The molecule has 74 valence electrons. The summed E-state index contributed by atoms with van der Waals surface area (Å²) >= 11 is 0. The lowest BCUT2D eigenvalue weighted by molar-refractivity contribution is -0.114. The first-order chi connectivity index (χ1) is 6.59. The van der Waals surface area contributed by atoms with Crippen LogP contribution in [0.4, 0.5) is 0 Å². The van der Waals surface area contributed by atoms with Gasteiger partial charge in [0.15, 0.2) is 5.78 Å². The predicted octanol–water partition coefficient (Wildman–Crippen LogP) is 1.91. The van der Waals surface area contributed by atoms with Crippen LogP contribution in [0, 0.1) is 0 Å². The number of carbonyl (C=O) groups excluding carboxylic acids is 1. The summed E-state index contributed by atoms with van der Waals surface area (Å²) in [4.78, 5) is 11.5. The summed E-state index contributed by atoms with van der Waals surface area (Å²) in [7, 11) is 0. The minimum absolute atomic E-state index is 0.218. The highest BCUT2D eigenvalue weighted by Crippen LogP contribution is 2.35. The molecule has 0 aromatic rings. The maximum absolute atomic E-state index is 11.5. The smallest absolute Gasteiger partial charge is 0.163 e. The van der Waals surface area contributed by atoms with Gasteiger partial charge in [-0.25, -0.2) is 0 Å². The Hall–Kier alpha value is -1.15. The van der Waals surface area contributed by atoms with Crippen LogP contribution in [0.5, 0.6) is 0 Å². The van der Waals surface area contributed by atoms with E-state index in [0.29, 0.717) is 12.8 Å². The molecule has 0 heterocycles. The quantitative estimate of drug-likeness (QED) is 0.633. The van der Waals surface area contributed by atoms with Gasteiger partial charge in [-0.1, -0.05) is 17.7 Å². The summed E-state index contributed by atoms with van der Waals surface area (Å²) in [5.41, 5.74) is 4.14. The van der Waals surface area contributed by atoms with Crippen molar-refractivity contribution in [1.82, 2.24) is 0 Å². The maximum Gasteiger partial charge on any atom is 0.163 e. The van der Waals surface area contributed by atoms with Crippen molar-refractivity contribution >= 4 is 5.78 Å². The molecule has 0 radical (unpaired) electrons. The molecular weight excluding hydrogens is 176 g/mol. The summed E-state index contributed by atoms with van der Waals surface area (Å²) in [6.07, 6.45) is 4.42. The zero-order valence-electron chi connectivity index (χ0n) is 8.50. The summed E-state index contributed by atoms with van der Waals surface area (Å²) < 4.78 is 0. The molecule has 0 spiro atoms. The zero-order valence-corrected chi connectivity index (χ0v) is 8.50. The lowest BCUT2D eigenvalue weighted by Crippen LogP contribution is -2.02. The second-order valence-corrected chi connectivity index (χ2v) is 4.03. The molecule has 0 amide bonds. The van der Waals surface area contributed by atoms with Crippen molar-refractivity contribution in [3.63, 3.8) is 0 Å². The van der Waals surface area contributed by atoms with Gasteiger partial charge in [0.25, 0.3) is 0 Å². The first-order valence-corrected chi connectivity index (χ1v) is 4.89. The predicted molar refractivity (Wildman–Crippen MR) is 54.8 cm³/mol. The number of allylic oxidation sites excluding steroid dienone is 4. The summed E-state index contributed by atoms with van der Waals surface area (Å²) in [5, 5.41) is 9.54. The minimum atomic E-state index is -0.400. The van der Waals surface area contributed by atoms with Gasteiger partial charge >= 0.3 is 0 Å². The van der Waals surface area contributed by atoms with Crippen LogP contribution < -0.4 is 0 Å². The number of hydrogen-bond acceptors (Lipinski definition) is 2. The standard InChI is InChI=1S/C12H14O2/c1-7-5-9(13)3-4-10-8(2)12(14)6-11(7)10/h3-4,9,13H,5-6H2,1-2H3/t9-/m0/s1. The van der Waals surface area contributed by atoms with Gasteiger partial charge in [-0.2, -0.15) is 0 Å². The molecule has 1 N–H and O–H groups in total. The third kappa shape index (κ3) is 1.36. The fourth-order valence-corrected chi connectivity index (χ4v) is 2.08. The van der Waals surface area contributed by atoms with E-state index in [4.69, 9.17) is 0 Å². The first-order valence-electron chi connectivity index (χ1n) is 4.89. The van der Waals surface area contributed by atoms with E-state index in [0.717, 1.165) is 22.3 Å². The van der Waals surface area contributed by atoms with Gasteiger partial charge in [0, 0.05) is 6.42 Å². The minimum Gasteiger partial charge on any atom is -0.389 e. The largest absolute Gasteiger partial charge is 0.389 e. The van der Waals surface area contributed by atoms with Crippen molar-refractivity contribution in [3.05, 3.63) is 34.4 Å². The van der Waals surface area contributed by atoms with Crippen LogP contribution >= 0.6 is 0 Å². The lowest BCUT2D eigenvalue weighted by Gasteiger charge is -2.05. The van der Waals surface area contributed by atoms with E-state index >= 15 is 0 Å². The van der Waals surface area contributed by atoms with Gasteiger partial charge < -0.3 is 5.11 Å². The Morgan fingerprint density at radius 1 is 1.43 bits per heavy atom. The maximum atomic E-state index is 11.5. The van der Waals surface area contributed by atoms with Gasteiger partial charge in [0.2, 0.25) is 0 Å². The molecule has 0 aromatic heterocycles. The second kappa shape index (κ2) is 3.21. The summed E-state index contributed by atoms with van der Waals surface area (Å²) in [6.45, 7) is 3.86. The van der Waals surface area contributed by atoms with E-state index < -0.39 is 6.10 Å². The van der Waals surface area contributed by atoms with E-state index in [1.165, 1.54) is 0 Å². The van der Waals surface area contributed by atoms with E-state index in [9.17, 15) is 9.90 Å². The molecule has 2 rings (SSSR count). The summed E-state index contributed by atoms with van der Waals surface area (Å²) in [6, 6.07) is 0. The van der Waals surface area contributed by atoms with Gasteiger partial charge in [-0.3, -0.25) is 4.79 Å². The fourth-order valence-electron chi connectivity index (χ4n) is 2.08. The average Bonchev–Trinajstić information content (AvgIpc) is 2.32. The number of aliphatic hydroxyl groups is 1. The van der Waals surface area contributed by atoms with Crippen LogP contribution in [0.25, 0.3) is 0 Å². The molecule has 0 saturated heterocycles. The molecule has 0 fully saturated rings. The molecule has 2 aliphatic rings. The molecule has 14 heavy (non-hydrogen) atoms. The first kappa shape index (κ1) is 9.41. The lowest BCUT2D eigenvalue weighted by atomic mass is 10.0. The van der Waals surface area contributed by atoms with Crippen molar-refractivity contribution in [2.45, 2.75) is 32.8 Å². The number of hydrogen-bond donors (Lipinski definition) is 1. The molecule has 2 heteroatoms. The third-order valence-corrected chi connectivity index (χ3v) is 3.00. The van der Waals surface area contributed by atoms with Crippen LogP contribution in [0.2, 0.25) is 0 Å². The van der Waals surface area contributed by atoms with Crippen LogP contribution in [0.1, 0.15) is 26.7 Å². The Bertz CT molecular complexity index is 383. The number of Topliss-reactive ketones (excluding diaryl/α,β-unsaturated/α-hetero) is 1. The van der Waals surface area contributed by atoms with Gasteiger partial charge in [-0.05, 0) is 37.0 Å². The third-order valence-electron chi connectivity index (χ3n) is 3.00. The Morgan fingerprint density at radius 2 is 2.14 bits per heavy atom. The highest BCUT2D eigenvalue weighted by atomic mass is 16.3. The van der Waals surface area contributed by atoms with Crippen LogP contribution in [0.3, 0.4) is 0 Å². The SMILES string of the molecule is CC1=C2CC(=O)C(C)=C2C=C[C@H](O)C1. The van der Waals surface area contributed by atoms with Gasteiger partial charge in [0.1, 0.15) is 0 Å². The molecule has 2 aliphatic carbocycles. The van der Waals surface area contributed by atoms with Gasteiger partial charge in [-0.15, -0.1) is 0 Å². The van der Waals surface area contributed by atoms with Crippen molar-refractivity contribution in [2.75, 3.05) is 0 Å². The summed E-state index contributed by atoms with van der Waals surface area (Å²) in [5.74, 6) is 0.218. The van der Waals surface area contributed by atoms with Gasteiger partial charge in [0.05, 0.1) is 6.10 Å². The Morgan fingerprint density at radius 3 is 2.86 bits per heavy atom. The fraction of sp³-hybridized carbons (Fsp3) is 0.417. The molecule has 0 bridgehead atoms. The molecule has 0 saturated carbocycles. The Balaban J connectivity index is 2.55. The molecule has 1 atom stereocenters. The van der Waals surface area contributed by atoms with Crippen LogP contribution in [0.15, 0.2) is 34.4 Å². The van der Waals surface area contributed by atoms with Crippen molar-refractivity contribution in [3.8, 4) is 0 Å². The van der Waals surface area contributed by atoms with Crippen LogP contribution in [-0.4, -0.2) is 17.0 Å². The Labute approximate surface area is 83.6 Å². The molecule has 0 unspecified atom stereocenters. The van der Waals surface area contributed by atoms with Crippen molar-refractivity contribution in [1.29, 1.82) is 0 Å². The monoisotopic (exact) mass is 190 g/mol. The zero-order chi connectivity index (χ0) is 10.3. The molecular formula is C12H14O2. The Kier molecular flexibility index (Phi) is 2.16. The number of ketones is 1. The topological polar surface area (TPSA) is 37.3 Å². The van der Waals surface area contributed by atoms with E-state index in [2.05, 4.69) is 0 Å². The number of carbonyl (C=O) groups is 1. The van der Waals surface area contributed by atoms with Crippen LogP contribution in [-0.2, 0) is 4.79 Å².